The van der Waals surface area contributed by atoms with Gasteiger partial charge in [-0.1, -0.05) is 13.8 Å². The predicted molar refractivity (Wildman–Crippen MR) is 59.9 cm³/mol. The number of hydrogen-bond acceptors (Lipinski definition) is 1. The van der Waals surface area contributed by atoms with Gasteiger partial charge in [0, 0.05) is 17.7 Å². The molecular formula is C11H15ClF3N. The van der Waals surface area contributed by atoms with Crippen molar-refractivity contribution in [2.24, 2.45) is 11.7 Å². The minimum atomic E-state index is -1.19. The fraction of sp³-hybridized carbons (Fsp3) is 0.455. The summed E-state index contributed by atoms with van der Waals surface area (Å²) in [6.45, 7) is 3.86. The van der Waals surface area contributed by atoms with Gasteiger partial charge in [-0.2, -0.15) is 0 Å². The molecule has 0 aliphatic carbocycles. The first-order valence-corrected chi connectivity index (χ1v) is 4.81. The summed E-state index contributed by atoms with van der Waals surface area (Å²) in [6.07, 6.45) is 0.530. The lowest BCUT2D eigenvalue weighted by molar-refractivity contribution is 0.462. The van der Waals surface area contributed by atoms with E-state index >= 15 is 0 Å². The summed E-state index contributed by atoms with van der Waals surface area (Å²) in [5.74, 6) is -2.77. The van der Waals surface area contributed by atoms with Crippen LogP contribution in [0.4, 0.5) is 13.2 Å². The monoisotopic (exact) mass is 253 g/mol. The SMILES string of the molecule is CC(C)C[C@H](N)c1cc(F)c(F)cc1F.Cl. The van der Waals surface area contributed by atoms with Crippen molar-refractivity contribution in [2.75, 3.05) is 0 Å². The van der Waals surface area contributed by atoms with E-state index < -0.39 is 23.5 Å². The molecule has 0 bridgehead atoms. The van der Waals surface area contributed by atoms with Crippen LogP contribution < -0.4 is 5.73 Å². The van der Waals surface area contributed by atoms with E-state index in [4.69, 9.17) is 5.73 Å². The molecule has 0 aliphatic heterocycles. The lowest BCUT2D eigenvalue weighted by Crippen LogP contribution is -2.15. The Labute approximate surface area is 99.2 Å². The largest absolute Gasteiger partial charge is 0.324 e. The number of hydrogen-bond donors (Lipinski definition) is 1. The van der Waals surface area contributed by atoms with Crippen LogP contribution in [0.25, 0.3) is 0 Å². The number of benzene rings is 1. The zero-order valence-corrected chi connectivity index (χ0v) is 9.95. The van der Waals surface area contributed by atoms with Crippen LogP contribution in [0.2, 0.25) is 0 Å². The average molecular weight is 254 g/mol. The highest BCUT2D eigenvalue weighted by molar-refractivity contribution is 5.85. The Balaban J connectivity index is 0.00000225. The molecule has 16 heavy (non-hydrogen) atoms. The fourth-order valence-corrected chi connectivity index (χ4v) is 1.46. The highest BCUT2D eigenvalue weighted by Gasteiger charge is 2.16. The molecule has 1 atom stereocenters. The van der Waals surface area contributed by atoms with E-state index in [9.17, 15) is 13.2 Å². The third-order valence-corrected chi connectivity index (χ3v) is 2.16. The van der Waals surface area contributed by atoms with Crippen LogP contribution in [0.3, 0.4) is 0 Å². The quantitative estimate of drug-likeness (QED) is 0.819. The topological polar surface area (TPSA) is 26.0 Å². The molecule has 0 saturated heterocycles. The van der Waals surface area contributed by atoms with Crippen molar-refractivity contribution in [1.29, 1.82) is 0 Å². The Bertz CT molecular complexity index is 355. The van der Waals surface area contributed by atoms with E-state index in [1.807, 2.05) is 13.8 Å². The Morgan fingerprint density at radius 1 is 1.06 bits per heavy atom. The molecule has 0 amide bonds. The second kappa shape index (κ2) is 6.11. The lowest BCUT2D eigenvalue weighted by atomic mass is 9.97. The molecule has 0 spiro atoms. The van der Waals surface area contributed by atoms with E-state index in [1.54, 1.807) is 0 Å². The number of nitrogens with two attached hydrogens (primary N) is 1. The first-order valence-electron chi connectivity index (χ1n) is 4.81. The van der Waals surface area contributed by atoms with E-state index in [0.717, 1.165) is 6.07 Å². The molecule has 0 saturated carbocycles. The van der Waals surface area contributed by atoms with Gasteiger partial charge in [-0.15, -0.1) is 12.4 Å². The van der Waals surface area contributed by atoms with Crippen LogP contribution in [0.15, 0.2) is 12.1 Å². The molecule has 0 aliphatic rings. The lowest BCUT2D eigenvalue weighted by Gasteiger charge is -2.15. The molecule has 0 unspecified atom stereocenters. The van der Waals surface area contributed by atoms with Crippen molar-refractivity contribution in [2.45, 2.75) is 26.3 Å². The van der Waals surface area contributed by atoms with Crippen LogP contribution in [-0.2, 0) is 0 Å². The molecule has 0 heterocycles. The van der Waals surface area contributed by atoms with Gasteiger partial charge in [0.15, 0.2) is 11.6 Å². The Kier molecular flexibility index (Phi) is 5.83. The molecule has 0 aromatic heterocycles. The van der Waals surface area contributed by atoms with Crippen LogP contribution >= 0.6 is 12.4 Å². The van der Waals surface area contributed by atoms with Crippen molar-refractivity contribution in [1.82, 2.24) is 0 Å². The minimum Gasteiger partial charge on any atom is -0.324 e. The van der Waals surface area contributed by atoms with E-state index in [-0.39, 0.29) is 23.9 Å². The average Bonchev–Trinajstić information content (AvgIpc) is 2.09. The summed E-state index contributed by atoms with van der Waals surface area (Å²) in [6, 6.07) is 0.767. The predicted octanol–water partition coefficient (Wildman–Crippen LogP) is 3.57. The van der Waals surface area contributed by atoms with Gasteiger partial charge in [0.25, 0.3) is 0 Å². The second-order valence-electron chi connectivity index (χ2n) is 4.02. The molecule has 1 aromatic rings. The summed E-state index contributed by atoms with van der Waals surface area (Å²) in [5, 5.41) is 0. The van der Waals surface area contributed by atoms with E-state index in [2.05, 4.69) is 0 Å². The normalized spacial score (nSPS) is 12.4. The van der Waals surface area contributed by atoms with Gasteiger partial charge in [-0.05, 0) is 18.4 Å². The van der Waals surface area contributed by atoms with Crippen LogP contribution in [0, 0.1) is 23.4 Å². The fourth-order valence-electron chi connectivity index (χ4n) is 1.46. The maximum Gasteiger partial charge on any atom is 0.161 e. The molecule has 1 aromatic carbocycles. The standard InChI is InChI=1S/C11H14F3N.ClH/c1-6(2)3-11(15)7-4-9(13)10(14)5-8(7)12;/h4-6,11H,3,15H2,1-2H3;1H/t11-;/m0./s1. The summed E-state index contributed by atoms with van der Waals surface area (Å²) in [7, 11) is 0. The van der Waals surface area contributed by atoms with Gasteiger partial charge in [0.2, 0.25) is 0 Å². The summed E-state index contributed by atoms with van der Waals surface area (Å²) in [5.41, 5.74) is 5.72. The van der Waals surface area contributed by atoms with Crippen molar-refractivity contribution in [3.8, 4) is 0 Å². The third-order valence-electron chi connectivity index (χ3n) is 2.16. The van der Waals surface area contributed by atoms with Crippen LogP contribution in [-0.4, -0.2) is 0 Å². The summed E-state index contributed by atoms with van der Waals surface area (Å²) >= 11 is 0. The van der Waals surface area contributed by atoms with Gasteiger partial charge in [0.05, 0.1) is 0 Å². The van der Waals surface area contributed by atoms with Gasteiger partial charge in [-0.25, -0.2) is 13.2 Å². The molecular weight excluding hydrogens is 239 g/mol. The smallest absolute Gasteiger partial charge is 0.161 e. The zero-order valence-electron chi connectivity index (χ0n) is 9.14. The van der Waals surface area contributed by atoms with Gasteiger partial charge in [0.1, 0.15) is 5.82 Å². The first kappa shape index (κ1) is 15.3. The third kappa shape index (κ3) is 3.68. The molecule has 2 N–H and O–H groups in total. The van der Waals surface area contributed by atoms with Crippen molar-refractivity contribution < 1.29 is 13.2 Å². The number of halogens is 4. The number of rotatable bonds is 3. The van der Waals surface area contributed by atoms with Gasteiger partial charge >= 0.3 is 0 Å². The maximum absolute atomic E-state index is 13.2. The molecule has 1 rings (SSSR count). The highest BCUT2D eigenvalue weighted by atomic mass is 35.5. The maximum atomic E-state index is 13.2. The molecule has 92 valence electrons. The first-order chi connectivity index (χ1) is 6.91. The Morgan fingerprint density at radius 3 is 2.06 bits per heavy atom. The van der Waals surface area contributed by atoms with Gasteiger partial charge < -0.3 is 5.73 Å². The second-order valence-corrected chi connectivity index (χ2v) is 4.02. The van der Waals surface area contributed by atoms with Crippen molar-refractivity contribution in [3.63, 3.8) is 0 Å². The minimum absolute atomic E-state index is 0. The van der Waals surface area contributed by atoms with Gasteiger partial charge in [-0.3, -0.25) is 0 Å². The molecule has 0 radical (unpaired) electrons. The molecule has 5 heteroatoms. The van der Waals surface area contributed by atoms with E-state index in [1.165, 1.54) is 0 Å². The van der Waals surface area contributed by atoms with Crippen molar-refractivity contribution in [3.05, 3.63) is 35.1 Å². The van der Waals surface area contributed by atoms with Crippen LogP contribution in [0.5, 0.6) is 0 Å². The summed E-state index contributed by atoms with van der Waals surface area (Å²) in [4.78, 5) is 0. The summed E-state index contributed by atoms with van der Waals surface area (Å²) < 4.78 is 38.7. The highest BCUT2D eigenvalue weighted by Crippen LogP contribution is 2.23. The van der Waals surface area contributed by atoms with Crippen LogP contribution in [0.1, 0.15) is 31.9 Å². The molecule has 1 nitrogen and oxygen atoms in total. The zero-order chi connectivity index (χ0) is 11.6. The van der Waals surface area contributed by atoms with Crippen molar-refractivity contribution >= 4 is 12.4 Å². The molecule has 0 fully saturated rings. The van der Waals surface area contributed by atoms with E-state index in [0.29, 0.717) is 12.5 Å². The Morgan fingerprint density at radius 2 is 1.56 bits per heavy atom. The Hall–Kier alpha value is -0.740.